The van der Waals surface area contributed by atoms with E-state index >= 15 is 0 Å². The van der Waals surface area contributed by atoms with E-state index in [9.17, 15) is 4.39 Å². The molecule has 0 fully saturated rings. The molecule has 1 nitrogen and oxygen atoms in total. The van der Waals surface area contributed by atoms with Crippen LogP contribution >= 0.6 is 11.6 Å². The van der Waals surface area contributed by atoms with Crippen molar-refractivity contribution in [2.45, 2.75) is 13.5 Å². The first-order chi connectivity index (χ1) is 5.16. The smallest absolute Gasteiger partial charge is 0.133 e. The summed E-state index contributed by atoms with van der Waals surface area (Å²) in [5.41, 5.74) is 5.00. The molecule has 0 atom stereocenters. The maximum absolute atomic E-state index is 12.9. The van der Waals surface area contributed by atoms with Crippen LogP contribution in [0.2, 0.25) is 5.02 Å². The van der Waals surface area contributed by atoms with Gasteiger partial charge < -0.3 is 5.73 Å². The van der Waals surface area contributed by atoms with Crippen molar-refractivity contribution in [1.29, 1.82) is 0 Å². The van der Waals surface area contributed by atoms with Crippen molar-refractivity contribution in [3.63, 3.8) is 0 Å². The fraction of sp³-hybridized carbons (Fsp3) is 0.250. The van der Waals surface area contributed by atoms with Gasteiger partial charge in [-0.2, -0.15) is 0 Å². The molecule has 3 N–H and O–H groups in total. The topological polar surface area (TPSA) is 27.6 Å². The van der Waals surface area contributed by atoms with E-state index in [1.807, 2.05) is 6.92 Å². The highest BCUT2D eigenvalue weighted by molar-refractivity contribution is 6.32. The van der Waals surface area contributed by atoms with Crippen molar-refractivity contribution in [2.75, 3.05) is 0 Å². The van der Waals surface area contributed by atoms with Gasteiger partial charge in [-0.15, -0.1) is 0 Å². The molecule has 0 radical (unpaired) electrons. The molecule has 11 heavy (non-hydrogen) atoms. The monoisotopic (exact) mass is 174 g/mol. The molecule has 0 aliphatic heterocycles. The van der Waals surface area contributed by atoms with Gasteiger partial charge in [0.25, 0.3) is 0 Å². The minimum atomic E-state index is -0.268. The van der Waals surface area contributed by atoms with Gasteiger partial charge in [-0.25, -0.2) is 4.39 Å². The Kier molecular flexibility index (Phi) is 2.47. The number of rotatable bonds is 1. The molecule has 3 heteroatoms. The molecule has 0 spiro atoms. The third-order valence-corrected chi connectivity index (χ3v) is 2.16. The minimum Gasteiger partial charge on any atom is -0.354 e. The van der Waals surface area contributed by atoms with Crippen molar-refractivity contribution >= 4 is 11.6 Å². The van der Waals surface area contributed by atoms with E-state index in [0.29, 0.717) is 17.1 Å². The van der Waals surface area contributed by atoms with Crippen LogP contribution in [-0.4, -0.2) is 0 Å². The van der Waals surface area contributed by atoms with Crippen molar-refractivity contribution in [3.05, 3.63) is 34.1 Å². The van der Waals surface area contributed by atoms with Crippen LogP contribution in [-0.2, 0) is 6.54 Å². The van der Waals surface area contributed by atoms with Crippen molar-refractivity contribution in [2.24, 2.45) is 0 Å². The van der Waals surface area contributed by atoms with Crippen LogP contribution < -0.4 is 5.73 Å². The van der Waals surface area contributed by atoms with Gasteiger partial charge in [0, 0.05) is 0 Å². The van der Waals surface area contributed by atoms with Crippen LogP contribution in [0.5, 0.6) is 0 Å². The summed E-state index contributed by atoms with van der Waals surface area (Å²) in [6.07, 6.45) is 0. The number of hydrogen-bond acceptors (Lipinski definition) is 0. The number of aryl methyl sites for hydroxylation is 1. The standard InChI is InChI=1S/C8H9ClFN/c1-5-2-3-7(10)6(4-11)8(5)9/h2-3H,4,11H2,1H3/p+1. The summed E-state index contributed by atoms with van der Waals surface area (Å²) >= 11 is 5.82. The number of halogens is 2. The van der Waals surface area contributed by atoms with E-state index in [-0.39, 0.29) is 5.82 Å². The zero-order valence-corrected chi connectivity index (χ0v) is 7.08. The Hall–Kier alpha value is -0.600. The van der Waals surface area contributed by atoms with Gasteiger partial charge in [0.2, 0.25) is 0 Å². The molecule has 0 saturated heterocycles. The van der Waals surface area contributed by atoms with Crippen LogP contribution in [0, 0.1) is 12.7 Å². The lowest BCUT2D eigenvalue weighted by molar-refractivity contribution is -0.386. The van der Waals surface area contributed by atoms with Gasteiger partial charge in [0.1, 0.15) is 12.4 Å². The van der Waals surface area contributed by atoms with Crippen LogP contribution in [0.1, 0.15) is 11.1 Å². The fourth-order valence-corrected chi connectivity index (χ4v) is 1.19. The molecule has 0 aliphatic rings. The molecular formula is C8H10ClFN+. The molecule has 0 bridgehead atoms. The second kappa shape index (κ2) is 3.20. The molecule has 0 heterocycles. The number of quaternary nitrogens is 1. The second-order valence-electron chi connectivity index (χ2n) is 2.41. The van der Waals surface area contributed by atoms with Crippen molar-refractivity contribution < 1.29 is 10.1 Å². The predicted molar refractivity (Wildman–Crippen MR) is 42.7 cm³/mol. The van der Waals surface area contributed by atoms with Gasteiger partial charge in [0.05, 0.1) is 10.6 Å². The number of benzene rings is 1. The van der Waals surface area contributed by atoms with Crippen LogP contribution in [0.25, 0.3) is 0 Å². The van der Waals surface area contributed by atoms with E-state index in [4.69, 9.17) is 11.6 Å². The fourth-order valence-electron chi connectivity index (χ4n) is 0.944. The second-order valence-corrected chi connectivity index (χ2v) is 2.78. The molecule has 0 aliphatic carbocycles. The summed E-state index contributed by atoms with van der Waals surface area (Å²) in [4.78, 5) is 0. The Balaban J connectivity index is 3.29. The van der Waals surface area contributed by atoms with E-state index in [2.05, 4.69) is 5.73 Å². The average Bonchev–Trinajstić information content (AvgIpc) is 1.99. The molecular weight excluding hydrogens is 165 g/mol. The number of hydrogen-bond donors (Lipinski definition) is 1. The molecule has 0 saturated carbocycles. The maximum atomic E-state index is 12.9. The largest absolute Gasteiger partial charge is 0.354 e. The first-order valence-electron chi connectivity index (χ1n) is 3.39. The lowest BCUT2D eigenvalue weighted by Crippen LogP contribution is -2.48. The van der Waals surface area contributed by atoms with E-state index in [1.54, 1.807) is 6.07 Å². The van der Waals surface area contributed by atoms with Gasteiger partial charge in [-0.3, -0.25) is 0 Å². The SMILES string of the molecule is Cc1ccc(F)c(C[NH3+])c1Cl. The van der Waals surface area contributed by atoms with Crippen LogP contribution in [0.3, 0.4) is 0 Å². The molecule has 60 valence electrons. The van der Waals surface area contributed by atoms with Gasteiger partial charge in [-0.05, 0) is 18.6 Å². The summed E-state index contributed by atoms with van der Waals surface area (Å²) < 4.78 is 12.9. The Morgan fingerprint density at radius 1 is 1.55 bits per heavy atom. The predicted octanol–water partition coefficient (Wildman–Crippen LogP) is 1.53. The quantitative estimate of drug-likeness (QED) is 0.669. The van der Waals surface area contributed by atoms with Crippen LogP contribution in [0.15, 0.2) is 12.1 Å². The van der Waals surface area contributed by atoms with Gasteiger partial charge >= 0.3 is 0 Å². The highest BCUT2D eigenvalue weighted by atomic mass is 35.5. The maximum Gasteiger partial charge on any atom is 0.133 e. The molecule has 0 amide bonds. The average molecular weight is 175 g/mol. The highest BCUT2D eigenvalue weighted by Gasteiger charge is 2.08. The molecule has 1 aromatic rings. The van der Waals surface area contributed by atoms with Crippen LogP contribution in [0.4, 0.5) is 4.39 Å². The third-order valence-electron chi connectivity index (χ3n) is 1.63. The molecule has 0 unspecified atom stereocenters. The van der Waals surface area contributed by atoms with Crippen molar-refractivity contribution in [1.82, 2.24) is 0 Å². The Morgan fingerprint density at radius 3 is 2.64 bits per heavy atom. The summed E-state index contributed by atoms with van der Waals surface area (Å²) in [6, 6.07) is 3.08. The molecule has 0 aromatic heterocycles. The highest BCUT2D eigenvalue weighted by Crippen LogP contribution is 2.22. The summed E-state index contributed by atoms with van der Waals surface area (Å²) in [5, 5.41) is 0.500. The van der Waals surface area contributed by atoms with Crippen molar-refractivity contribution in [3.8, 4) is 0 Å². The lowest BCUT2D eigenvalue weighted by atomic mass is 10.1. The minimum absolute atomic E-state index is 0.268. The lowest BCUT2D eigenvalue weighted by Gasteiger charge is -2.02. The Bertz CT molecular complexity index is 273. The van der Waals surface area contributed by atoms with Gasteiger partial charge in [-0.1, -0.05) is 17.7 Å². The first kappa shape index (κ1) is 8.50. The third kappa shape index (κ3) is 1.52. The Morgan fingerprint density at radius 2 is 2.18 bits per heavy atom. The zero-order chi connectivity index (χ0) is 8.43. The summed E-state index contributed by atoms with van der Waals surface area (Å²) in [6.45, 7) is 2.24. The van der Waals surface area contributed by atoms with E-state index < -0.39 is 0 Å². The van der Waals surface area contributed by atoms with Gasteiger partial charge in [0.15, 0.2) is 0 Å². The molecule has 1 rings (SSSR count). The summed E-state index contributed by atoms with van der Waals surface area (Å²) in [5.74, 6) is -0.268. The normalized spacial score (nSPS) is 10.2. The summed E-state index contributed by atoms with van der Waals surface area (Å²) in [7, 11) is 0. The van der Waals surface area contributed by atoms with E-state index in [0.717, 1.165) is 5.56 Å². The Labute approximate surface area is 70.0 Å². The first-order valence-corrected chi connectivity index (χ1v) is 3.77. The van der Waals surface area contributed by atoms with E-state index in [1.165, 1.54) is 6.07 Å². The zero-order valence-electron chi connectivity index (χ0n) is 6.32. The molecule has 1 aromatic carbocycles.